The van der Waals surface area contributed by atoms with Gasteiger partial charge >= 0.3 is 0 Å². The number of aromatic nitrogens is 3. The fourth-order valence-electron chi connectivity index (χ4n) is 3.37. The van der Waals surface area contributed by atoms with E-state index in [9.17, 15) is 12.8 Å². The zero-order chi connectivity index (χ0) is 22.6. The molecule has 0 aliphatic rings. The lowest BCUT2D eigenvalue weighted by atomic mass is 10.0. The molecule has 2 aromatic carbocycles. The smallest absolute Gasteiger partial charge is 0.238 e. The maximum absolute atomic E-state index is 14.9. The van der Waals surface area contributed by atoms with Gasteiger partial charge in [0, 0.05) is 5.92 Å². The van der Waals surface area contributed by atoms with Crippen molar-refractivity contribution >= 4 is 10.0 Å². The average molecular weight is 446 g/mol. The number of rotatable bonds is 9. The Hall–Kier alpha value is -2.62. The van der Waals surface area contributed by atoms with Crippen LogP contribution in [-0.2, 0) is 16.6 Å². The van der Waals surface area contributed by atoms with Gasteiger partial charge in [-0.2, -0.15) is 0 Å². The number of hydrogen-bond donors (Lipinski definition) is 1. The van der Waals surface area contributed by atoms with Gasteiger partial charge in [0.15, 0.2) is 5.82 Å². The summed E-state index contributed by atoms with van der Waals surface area (Å²) in [6.45, 7) is 5.55. The van der Waals surface area contributed by atoms with Gasteiger partial charge in [0.1, 0.15) is 17.3 Å². The maximum atomic E-state index is 14.9. The van der Waals surface area contributed by atoms with E-state index in [1.165, 1.54) is 16.8 Å². The SMILES string of the molecule is CCCCN(C)Cc1nc([C@@H](C)c2ccccc2)n(-c2ccc(S(N)(=O)=O)cc2F)n1. The third-order valence-corrected chi connectivity index (χ3v) is 6.05. The molecule has 1 aromatic heterocycles. The topological polar surface area (TPSA) is 94.1 Å². The number of nitrogens with two attached hydrogens (primary N) is 1. The Bertz CT molecular complexity index is 1130. The highest BCUT2D eigenvalue weighted by molar-refractivity contribution is 7.89. The Morgan fingerprint density at radius 1 is 1.19 bits per heavy atom. The number of primary sulfonamides is 1. The Labute approximate surface area is 182 Å². The van der Waals surface area contributed by atoms with Crippen LogP contribution in [0.1, 0.15) is 49.8 Å². The molecule has 2 N–H and O–H groups in total. The van der Waals surface area contributed by atoms with E-state index in [1.54, 1.807) is 0 Å². The predicted molar refractivity (Wildman–Crippen MR) is 118 cm³/mol. The second-order valence-electron chi connectivity index (χ2n) is 7.68. The van der Waals surface area contributed by atoms with Crippen LogP contribution < -0.4 is 5.14 Å². The quantitative estimate of drug-likeness (QED) is 0.545. The lowest BCUT2D eigenvalue weighted by molar-refractivity contribution is 0.312. The van der Waals surface area contributed by atoms with Crippen molar-refractivity contribution in [2.75, 3.05) is 13.6 Å². The summed E-state index contributed by atoms with van der Waals surface area (Å²) in [6.07, 6.45) is 2.15. The van der Waals surface area contributed by atoms with Gasteiger partial charge in [-0.3, -0.25) is 4.90 Å². The van der Waals surface area contributed by atoms with Crippen molar-refractivity contribution in [3.8, 4) is 5.69 Å². The van der Waals surface area contributed by atoms with E-state index in [0.717, 1.165) is 31.0 Å². The first-order valence-electron chi connectivity index (χ1n) is 10.2. The molecule has 1 atom stereocenters. The number of nitrogens with zero attached hydrogens (tertiary/aromatic N) is 4. The number of unbranched alkanes of at least 4 members (excludes halogenated alkanes) is 1. The minimum atomic E-state index is -4.01. The van der Waals surface area contributed by atoms with Crippen LogP contribution in [-0.4, -0.2) is 41.7 Å². The highest BCUT2D eigenvalue weighted by Gasteiger charge is 2.22. The van der Waals surface area contributed by atoms with Crippen molar-refractivity contribution in [2.45, 2.75) is 44.0 Å². The molecule has 0 saturated carbocycles. The summed E-state index contributed by atoms with van der Waals surface area (Å²) in [4.78, 5) is 6.56. The van der Waals surface area contributed by atoms with Crippen LogP contribution in [0.15, 0.2) is 53.4 Å². The molecule has 0 fully saturated rings. The van der Waals surface area contributed by atoms with Crippen LogP contribution in [0, 0.1) is 5.82 Å². The van der Waals surface area contributed by atoms with Gasteiger partial charge in [-0.25, -0.2) is 27.6 Å². The minimum Gasteiger partial charge on any atom is -0.299 e. The van der Waals surface area contributed by atoms with E-state index in [-0.39, 0.29) is 16.5 Å². The number of halogens is 1. The van der Waals surface area contributed by atoms with Gasteiger partial charge in [-0.05, 0) is 43.8 Å². The summed E-state index contributed by atoms with van der Waals surface area (Å²) in [6, 6.07) is 13.3. The first kappa shape index (κ1) is 23.1. The molecule has 3 aromatic rings. The van der Waals surface area contributed by atoms with Gasteiger partial charge < -0.3 is 0 Å². The largest absolute Gasteiger partial charge is 0.299 e. The molecular weight excluding hydrogens is 417 g/mol. The van der Waals surface area contributed by atoms with Gasteiger partial charge in [0.2, 0.25) is 10.0 Å². The van der Waals surface area contributed by atoms with E-state index in [0.29, 0.717) is 18.2 Å². The van der Waals surface area contributed by atoms with Crippen molar-refractivity contribution in [3.05, 3.63) is 71.6 Å². The van der Waals surface area contributed by atoms with Crippen LogP contribution >= 0.6 is 0 Å². The number of hydrogen-bond acceptors (Lipinski definition) is 5. The van der Waals surface area contributed by atoms with E-state index >= 15 is 0 Å². The standard InChI is InChI=1S/C22H28FN5O2S/c1-4-5-13-27(3)15-21-25-22(16(2)17-9-7-6-8-10-17)28(26-21)20-12-11-18(14-19(20)23)31(24,29)30/h6-12,14,16H,4-5,13,15H2,1-3H3,(H2,24,29,30)/t16-/m0/s1. The fraction of sp³-hybridized carbons (Fsp3) is 0.364. The van der Waals surface area contributed by atoms with Crippen LogP contribution in [0.4, 0.5) is 4.39 Å². The molecule has 0 saturated heterocycles. The predicted octanol–water partition coefficient (Wildman–Crippen LogP) is 3.44. The summed E-state index contributed by atoms with van der Waals surface area (Å²) in [5, 5.41) is 9.70. The average Bonchev–Trinajstić information content (AvgIpc) is 3.14. The molecule has 166 valence electrons. The second kappa shape index (κ2) is 9.67. The zero-order valence-corrected chi connectivity index (χ0v) is 18.8. The summed E-state index contributed by atoms with van der Waals surface area (Å²) in [5.74, 6) is 0.267. The van der Waals surface area contributed by atoms with Crippen molar-refractivity contribution < 1.29 is 12.8 Å². The molecule has 7 nitrogen and oxygen atoms in total. The van der Waals surface area contributed by atoms with E-state index in [1.807, 2.05) is 44.3 Å². The highest BCUT2D eigenvalue weighted by Crippen LogP contribution is 2.27. The third kappa shape index (κ3) is 5.55. The Morgan fingerprint density at radius 2 is 1.90 bits per heavy atom. The van der Waals surface area contributed by atoms with E-state index in [2.05, 4.69) is 16.9 Å². The summed E-state index contributed by atoms with van der Waals surface area (Å²) in [7, 11) is -2.01. The Kier molecular flexibility index (Phi) is 7.19. The van der Waals surface area contributed by atoms with Crippen LogP contribution in [0.5, 0.6) is 0 Å². The van der Waals surface area contributed by atoms with Gasteiger partial charge in [0.25, 0.3) is 0 Å². The third-order valence-electron chi connectivity index (χ3n) is 5.14. The molecule has 0 bridgehead atoms. The van der Waals surface area contributed by atoms with Crippen molar-refractivity contribution in [1.82, 2.24) is 19.7 Å². The molecule has 9 heteroatoms. The summed E-state index contributed by atoms with van der Waals surface area (Å²) >= 11 is 0. The van der Waals surface area contributed by atoms with Gasteiger partial charge in [-0.15, -0.1) is 5.10 Å². The molecule has 0 unspecified atom stereocenters. The van der Waals surface area contributed by atoms with Crippen LogP contribution in [0.2, 0.25) is 0 Å². The van der Waals surface area contributed by atoms with Gasteiger partial charge in [-0.1, -0.05) is 50.6 Å². The first-order chi connectivity index (χ1) is 14.7. The molecule has 0 aliphatic heterocycles. The van der Waals surface area contributed by atoms with Crippen LogP contribution in [0.3, 0.4) is 0 Å². The summed E-state index contributed by atoms with van der Waals surface area (Å²) < 4.78 is 39.5. The molecule has 3 rings (SSSR count). The van der Waals surface area contributed by atoms with E-state index in [4.69, 9.17) is 10.1 Å². The maximum Gasteiger partial charge on any atom is 0.238 e. The van der Waals surface area contributed by atoms with E-state index < -0.39 is 15.8 Å². The fourth-order valence-corrected chi connectivity index (χ4v) is 3.89. The second-order valence-corrected chi connectivity index (χ2v) is 9.24. The lowest BCUT2D eigenvalue weighted by Gasteiger charge is -2.14. The highest BCUT2D eigenvalue weighted by atomic mass is 32.2. The van der Waals surface area contributed by atoms with Crippen molar-refractivity contribution in [2.24, 2.45) is 5.14 Å². The molecule has 31 heavy (non-hydrogen) atoms. The minimum absolute atomic E-state index is 0.125. The number of benzene rings is 2. The Balaban J connectivity index is 2.05. The molecule has 1 heterocycles. The zero-order valence-electron chi connectivity index (χ0n) is 18.0. The molecule has 0 aliphatic carbocycles. The van der Waals surface area contributed by atoms with Gasteiger partial charge in [0.05, 0.1) is 11.4 Å². The molecule has 0 spiro atoms. The number of sulfonamides is 1. The molecule has 0 amide bonds. The normalized spacial score (nSPS) is 13.0. The molecular formula is C22H28FN5O2S. The first-order valence-corrected chi connectivity index (χ1v) is 11.8. The Morgan fingerprint density at radius 3 is 2.52 bits per heavy atom. The van der Waals surface area contributed by atoms with Crippen LogP contribution in [0.25, 0.3) is 5.69 Å². The monoisotopic (exact) mass is 445 g/mol. The lowest BCUT2D eigenvalue weighted by Crippen LogP contribution is -2.19. The molecule has 0 radical (unpaired) electrons. The van der Waals surface area contributed by atoms with Crippen molar-refractivity contribution in [1.29, 1.82) is 0 Å². The van der Waals surface area contributed by atoms with Crippen molar-refractivity contribution in [3.63, 3.8) is 0 Å². The summed E-state index contributed by atoms with van der Waals surface area (Å²) in [5.41, 5.74) is 1.14.